The van der Waals surface area contributed by atoms with Crippen LogP contribution < -0.4 is 0 Å². The Morgan fingerprint density at radius 3 is 2.56 bits per heavy atom. The molecule has 2 nitrogen and oxygen atoms in total. The molecule has 0 aromatic heterocycles. The molecule has 0 bridgehead atoms. The van der Waals surface area contributed by atoms with Crippen LogP contribution in [0.15, 0.2) is 4.99 Å². The molecule has 0 rings (SSSR count). The minimum atomic E-state index is 0.522. The molecule has 54 valence electrons. The van der Waals surface area contributed by atoms with Crippen molar-refractivity contribution in [2.45, 2.75) is 19.9 Å². The summed E-state index contributed by atoms with van der Waals surface area (Å²) in [5.74, 6) is 0.567. The largest absolute Gasteiger partial charge is 0.364 e. The first kappa shape index (κ1) is 8.82. The Morgan fingerprint density at radius 2 is 2.22 bits per heavy atom. The lowest BCUT2D eigenvalue weighted by molar-refractivity contribution is 0.429. The van der Waals surface area contributed by atoms with Crippen molar-refractivity contribution in [1.29, 1.82) is 0 Å². The molecule has 0 aromatic rings. The van der Waals surface area contributed by atoms with E-state index in [1.807, 2.05) is 11.9 Å². The fourth-order valence-corrected chi connectivity index (χ4v) is 0.372. The smallest absolute Gasteiger partial charge is 0.0859 e. The standard InChI is InChI=1S/C6H14N2S/c1-6(2)8(3)4-7-5-9/h4,6,9H,5H2,1-3H3. The molecule has 0 atom stereocenters. The second-order valence-electron chi connectivity index (χ2n) is 2.20. The van der Waals surface area contributed by atoms with Crippen molar-refractivity contribution in [1.82, 2.24) is 4.90 Å². The molecule has 0 radical (unpaired) electrons. The number of nitrogens with zero attached hydrogens (tertiary/aromatic N) is 2. The lowest BCUT2D eigenvalue weighted by atomic mass is 10.4. The van der Waals surface area contributed by atoms with Crippen LogP contribution >= 0.6 is 12.6 Å². The van der Waals surface area contributed by atoms with Crippen molar-refractivity contribution in [3.8, 4) is 0 Å². The third kappa shape index (κ3) is 4.33. The Hall–Kier alpha value is -0.180. The quantitative estimate of drug-likeness (QED) is 0.360. The third-order valence-corrected chi connectivity index (χ3v) is 1.32. The van der Waals surface area contributed by atoms with E-state index in [1.165, 1.54) is 0 Å². The number of hydrogen-bond donors (Lipinski definition) is 1. The molecule has 0 unspecified atom stereocenters. The predicted octanol–water partition coefficient (Wildman–Crippen LogP) is 1.24. The van der Waals surface area contributed by atoms with E-state index >= 15 is 0 Å². The Morgan fingerprint density at radius 1 is 1.67 bits per heavy atom. The van der Waals surface area contributed by atoms with Gasteiger partial charge < -0.3 is 4.90 Å². The van der Waals surface area contributed by atoms with Crippen LogP contribution in [0.5, 0.6) is 0 Å². The monoisotopic (exact) mass is 146 g/mol. The van der Waals surface area contributed by atoms with Crippen molar-refractivity contribution in [3.05, 3.63) is 0 Å². The van der Waals surface area contributed by atoms with E-state index in [4.69, 9.17) is 0 Å². The zero-order valence-corrected chi connectivity index (χ0v) is 7.10. The highest BCUT2D eigenvalue weighted by Crippen LogP contribution is 1.88. The van der Waals surface area contributed by atoms with Gasteiger partial charge in [-0.3, -0.25) is 4.99 Å². The summed E-state index contributed by atoms with van der Waals surface area (Å²) in [6.07, 6.45) is 1.80. The molecular formula is C6H14N2S. The molecule has 0 fully saturated rings. The van der Waals surface area contributed by atoms with Gasteiger partial charge >= 0.3 is 0 Å². The summed E-state index contributed by atoms with van der Waals surface area (Å²) in [6, 6.07) is 0.522. The highest BCUT2D eigenvalue weighted by Gasteiger charge is 1.94. The second-order valence-corrected chi connectivity index (χ2v) is 2.48. The molecular weight excluding hydrogens is 132 g/mol. The zero-order chi connectivity index (χ0) is 7.28. The van der Waals surface area contributed by atoms with Gasteiger partial charge in [-0.25, -0.2) is 0 Å². The van der Waals surface area contributed by atoms with Crippen LogP contribution in [0.2, 0.25) is 0 Å². The summed E-state index contributed by atoms with van der Waals surface area (Å²) in [4.78, 5) is 6.00. The van der Waals surface area contributed by atoms with E-state index in [1.54, 1.807) is 6.34 Å². The fourth-order valence-electron chi connectivity index (χ4n) is 0.299. The van der Waals surface area contributed by atoms with Crippen molar-refractivity contribution in [3.63, 3.8) is 0 Å². The molecule has 0 saturated carbocycles. The number of aliphatic imine (C=N–C) groups is 1. The van der Waals surface area contributed by atoms with Crippen LogP contribution in [0, 0.1) is 0 Å². The first-order valence-electron chi connectivity index (χ1n) is 3.01. The van der Waals surface area contributed by atoms with E-state index in [-0.39, 0.29) is 0 Å². The first-order chi connectivity index (χ1) is 4.18. The fraction of sp³-hybridized carbons (Fsp3) is 0.833. The van der Waals surface area contributed by atoms with Crippen molar-refractivity contribution in [2.75, 3.05) is 12.9 Å². The normalized spacial score (nSPS) is 11.2. The molecule has 0 N–H and O–H groups in total. The topological polar surface area (TPSA) is 15.6 Å². The Bertz CT molecular complexity index is 91.1. The van der Waals surface area contributed by atoms with Crippen molar-refractivity contribution < 1.29 is 0 Å². The van der Waals surface area contributed by atoms with Crippen molar-refractivity contribution in [2.24, 2.45) is 4.99 Å². The van der Waals surface area contributed by atoms with Gasteiger partial charge in [-0.2, -0.15) is 12.6 Å². The lowest BCUT2D eigenvalue weighted by Crippen LogP contribution is -2.24. The number of thiol groups is 1. The summed E-state index contributed by atoms with van der Waals surface area (Å²) in [6.45, 7) is 4.23. The average molecular weight is 146 g/mol. The minimum Gasteiger partial charge on any atom is -0.364 e. The molecule has 0 amide bonds. The highest BCUT2D eigenvalue weighted by molar-refractivity contribution is 7.80. The average Bonchev–Trinajstić information content (AvgIpc) is 1.82. The van der Waals surface area contributed by atoms with Gasteiger partial charge in [0, 0.05) is 13.1 Å². The molecule has 0 aliphatic carbocycles. The molecule has 9 heavy (non-hydrogen) atoms. The lowest BCUT2D eigenvalue weighted by Gasteiger charge is -2.16. The molecule has 3 heteroatoms. The minimum absolute atomic E-state index is 0.522. The van der Waals surface area contributed by atoms with E-state index < -0.39 is 0 Å². The Balaban J connectivity index is 3.48. The molecule has 0 aliphatic rings. The van der Waals surface area contributed by atoms with Gasteiger partial charge in [0.15, 0.2) is 0 Å². The Labute approximate surface area is 62.4 Å². The van der Waals surface area contributed by atoms with Crippen LogP contribution in [0.3, 0.4) is 0 Å². The van der Waals surface area contributed by atoms with Gasteiger partial charge in [0.2, 0.25) is 0 Å². The van der Waals surface area contributed by atoms with Crippen molar-refractivity contribution >= 4 is 19.0 Å². The van der Waals surface area contributed by atoms with E-state index in [0.29, 0.717) is 11.9 Å². The summed E-state index contributed by atoms with van der Waals surface area (Å²) >= 11 is 3.94. The highest BCUT2D eigenvalue weighted by atomic mass is 32.1. The van der Waals surface area contributed by atoms with Crippen LogP contribution in [-0.2, 0) is 0 Å². The van der Waals surface area contributed by atoms with Crippen LogP contribution in [0.1, 0.15) is 13.8 Å². The van der Waals surface area contributed by atoms with Gasteiger partial charge in [-0.1, -0.05) is 0 Å². The summed E-state index contributed by atoms with van der Waals surface area (Å²) in [5, 5.41) is 0. The molecule has 0 aliphatic heterocycles. The van der Waals surface area contributed by atoms with Gasteiger partial charge in [-0.15, -0.1) is 0 Å². The zero-order valence-electron chi connectivity index (χ0n) is 6.20. The Kier molecular flexibility index (Phi) is 4.58. The predicted molar refractivity (Wildman–Crippen MR) is 45.2 cm³/mol. The van der Waals surface area contributed by atoms with E-state index in [9.17, 15) is 0 Å². The van der Waals surface area contributed by atoms with Gasteiger partial charge in [0.05, 0.1) is 12.2 Å². The second kappa shape index (κ2) is 4.68. The third-order valence-electron chi connectivity index (χ3n) is 1.16. The SMILES string of the molecule is CC(C)N(C)C=NCS. The molecule has 0 heterocycles. The van der Waals surface area contributed by atoms with Gasteiger partial charge in [-0.05, 0) is 13.8 Å². The molecule has 0 saturated heterocycles. The van der Waals surface area contributed by atoms with Crippen LogP contribution in [-0.4, -0.2) is 30.2 Å². The summed E-state index contributed by atoms with van der Waals surface area (Å²) in [5.41, 5.74) is 0. The van der Waals surface area contributed by atoms with Gasteiger partial charge in [0.25, 0.3) is 0 Å². The molecule has 0 spiro atoms. The summed E-state index contributed by atoms with van der Waals surface area (Å²) in [7, 11) is 2.00. The maximum atomic E-state index is 3.96. The maximum absolute atomic E-state index is 3.96. The number of rotatable bonds is 3. The first-order valence-corrected chi connectivity index (χ1v) is 3.64. The summed E-state index contributed by atoms with van der Waals surface area (Å²) < 4.78 is 0. The molecule has 0 aromatic carbocycles. The van der Waals surface area contributed by atoms with Crippen LogP contribution in [0.25, 0.3) is 0 Å². The van der Waals surface area contributed by atoms with E-state index in [0.717, 1.165) is 0 Å². The van der Waals surface area contributed by atoms with Gasteiger partial charge in [0.1, 0.15) is 0 Å². The van der Waals surface area contributed by atoms with E-state index in [2.05, 4.69) is 31.5 Å². The maximum Gasteiger partial charge on any atom is 0.0859 e. The van der Waals surface area contributed by atoms with Crippen LogP contribution in [0.4, 0.5) is 0 Å². The number of hydrogen-bond acceptors (Lipinski definition) is 2.